The molecule has 0 aromatic heterocycles. The second kappa shape index (κ2) is 4.27. The summed E-state index contributed by atoms with van der Waals surface area (Å²) >= 11 is 0. The number of ketones is 1. The molecule has 2 amide bonds. The summed E-state index contributed by atoms with van der Waals surface area (Å²) in [6.07, 6.45) is 0. The third kappa shape index (κ3) is 3.50. The van der Waals surface area contributed by atoms with Crippen LogP contribution in [0.4, 0.5) is 0 Å². The molecule has 0 aromatic rings. The van der Waals surface area contributed by atoms with Gasteiger partial charge >= 0.3 is 5.91 Å². The van der Waals surface area contributed by atoms with Crippen molar-refractivity contribution in [1.82, 2.24) is 10.9 Å². The SMILES string of the molecule is C=C(C)C(=O)NNC(=O)C(C)=O. The second-order valence-corrected chi connectivity index (χ2v) is 2.24. The van der Waals surface area contributed by atoms with Crippen LogP contribution in [0.25, 0.3) is 0 Å². The lowest BCUT2D eigenvalue weighted by molar-refractivity contribution is -0.138. The maximum Gasteiger partial charge on any atom is 0.305 e. The number of carbonyl (C=O) groups is 3. The molecule has 0 aromatic carbocycles. The molecule has 0 aliphatic rings. The van der Waals surface area contributed by atoms with Crippen molar-refractivity contribution in [2.45, 2.75) is 13.8 Å². The van der Waals surface area contributed by atoms with Crippen LogP contribution < -0.4 is 10.9 Å². The Morgan fingerprint density at radius 2 is 1.42 bits per heavy atom. The number of Topliss-reactive ketones (excluding diaryl/α,β-unsaturated/α-hetero) is 1. The molecular weight excluding hydrogens is 160 g/mol. The molecule has 0 rings (SSSR count). The minimum absolute atomic E-state index is 0.249. The smallest absolute Gasteiger partial charge is 0.289 e. The Morgan fingerprint density at radius 3 is 1.75 bits per heavy atom. The number of nitrogens with one attached hydrogen (secondary N) is 2. The monoisotopic (exact) mass is 170 g/mol. The van der Waals surface area contributed by atoms with E-state index in [0.29, 0.717) is 0 Å². The second-order valence-electron chi connectivity index (χ2n) is 2.24. The third-order valence-corrected chi connectivity index (χ3v) is 0.997. The largest absolute Gasteiger partial charge is 0.305 e. The first kappa shape index (κ1) is 10.3. The topological polar surface area (TPSA) is 75.3 Å². The van der Waals surface area contributed by atoms with Crippen LogP contribution in [0, 0.1) is 0 Å². The third-order valence-electron chi connectivity index (χ3n) is 0.997. The van der Waals surface area contributed by atoms with Gasteiger partial charge in [0.2, 0.25) is 5.78 Å². The van der Waals surface area contributed by atoms with Gasteiger partial charge in [-0.05, 0) is 6.92 Å². The van der Waals surface area contributed by atoms with Crippen molar-refractivity contribution in [2.24, 2.45) is 0 Å². The van der Waals surface area contributed by atoms with Crippen molar-refractivity contribution in [3.8, 4) is 0 Å². The standard InChI is InChI=1S/C7H10N2O3/c1-4(2)6(11)8-9-7(12)5(3)10/h1H2,2-3H3,(H,8,11)(H,9,12). The molecule has 0 aliphatic carbocycles. The Balaban J connectivity index is 3.85. The fourth-order valence-corrected chi connectivity index (χ4v) is 0.308. The quantitative estimate of drug-likeness (QED) is 0.327. The molecule has 0 aliphatic heterocycles. The molecule has 0 saturated carbocycles. The highest BCUT2D eigenvalue weighted by molar-refractivity contribution is 6.35. The average molecular weight is 170 g/mol. The zero-order valence-electron chi connectivity index (χ0n) is 6.93. The fourth-order valence-electron chi connectivity index (χ4n) is 0.308. The van der Waals surface area contributed by atoms with Crippen LogP contribution >= 0.6 is 0 Å². The molecule has 5 heteroatoms. The van der Waals surface area contributed by atoms with Crippen molar-refractivity contribution in [2.75, 3.05) is 0 Å². The maximum atomic E-state index is 10.7. The van der Waals surface area contributed by atoms with Gasteiger partial charge in [0, 0.05) is 12.5 Å². The van der Waals surface area contributed by atoms with Crippen LogP contribution in [0.5, 0.6) is 0 Å². The lowest BCUT2D eigenvalue weighted by atomic mass is 10.3. The molecule has 0 spiro atoms. The molecule has 0 atom stereocenters. The lowest BCUT2D eigenvalue weighted by Gasteiger charge is -2.03. The van der Waals surface area contributed by atoms with Crippen LogP contribution in [0.2, 0.25) is 0 Å². The molecular formula is C7H10N2O3. The van der Waals surface area contributed by atoms with Crippen LogP contribution in [-0.2, 0) is 14.4 Å². The van der Waals surface area contributed by atoms with Crippen molar-refractivity contribution < 1.29 is 14.4 Å². The van der Waals surface area contributed by atoms with Gasteiger partial charge in [-0.15, -0.1) is 0 Å². The van der Waals surface area contributed by atoms with Crippen LogP contribution in [-0.4, -0.2) is 17.6 Å². The lowest BCUT2D eigenvalue weighted by Crippen LogP contribution is -2.44. The molecule has 0 unspecified atom stereocenters. The van der Waals surface area contributed by atoms with E-state index in [1.807, 2.05) is 10.9 Å². The van der Waals surface area contributed by atoms with E-state index in [2.05, 4.69) is 6.58 Å². The van der Waals surface area contributed by atoms with E-state index in [1.165, 1.54) is 6.92 Å². The van der Waals surface area contributed by atoms with E-state index < -0.39 is 17.6 Å². The van der Waals surface area contributed by atoms with Gasteiger partial charge in [0.15, 0.2) is 0 Å². The Bertz CT molecular complexity index is 219. The van der Waals surface area contributed by atoms with Gasteiger partial charge in [0.25, 0.3) is 5.91 Å². The number of amides is 2. The summed E-state index contributed by atoms with van der Waals surface area (Å²) in [6.45, 7) is 5.91. The predicted molar refractivity (Wildman–Crippen MR) is 41.8 cm³/mol. The molecule has 0 saturated heterocycles. The predicted octanol–water partition coefficient (Wildman–Crippen LogP) is -0.701. The highest BCUT2D eigenvalue weighted by Gasteiger charge is 2.07. The van der Waals surface area contributed by atoms with Crippen LogP contribution in [0.15, 0.2) is 12.2 Å². The van der Waals surface area contributed by atoms with Crippen molar-refractivity contribution in [1.29, 1.82) is 0 Å². The van der Waals surface area contributed by atoms with E-state index in [0.717, 1.165) is 6.92 Å². The van der Waals surface area contributed by atoms with Gasteiger partial charge in [-0.25, -0.2) is 0 Å². The molecule has 66 valence electrons. The summed E-state index contributed by atoms with van der Waals surface area (Å²) in [5.74, 6) is -2.05. The molecule has 12 heavy (non-hydrogen) atoms. The average Bonchev–Trinajstić information content (AvgIpc) is 1.98. The molecule has 0 bridgehead atoms. The number of hydrogen-bond donors (Lipinski definition) is 2. The molecule has 2 N–H and O–H groups in total. The molecule has 0 radical (unpaired) electrons. The van der Waals surface area contributed by atoms with Crippen molar-refractivity contribution in [3.05, 3.63) is 12.2 Å². The minimum atomic E-state index is -0.857. The Hall–Kier alpha value is -1.65. The summed E-state index contributed by atoms with van der Waals surface area (Å²) in [5, 5.41) is 0. The van der Waals surface area contributed by atoms with Gasteiger partial charge in [0.1, 0.15) is 0 Å². The van der Waals surface area contributed by atoms with Gasteiger partial charge in [-0.1, -0.05) is 6.58 Å². The summed E-state index contributed by atoms with van der Waals surface area (Å²) in [6, 6.07) is 0. The van der Waals surface area contributed by atoms with E-state index in [-0.39, 0.29) is 5.57 Å². The molecule has 5 nitrogen and oxygen atoms in total. The van der Waals surface area contributed by atoms with E-state index in [9.17, 15) is 14.4 Å². The minimum Gasteiger partial charge on any atom is -0.289 e. The number of hydrazine groups is 1. The summed E-state index contributed by atoms with van der Waals surface area (Å²) in [4.78, 5) is 31.6. The Morgan fingerprint density at radius 1 is 1.00 bits per heavy atom. The fraction of sp³-hybridized carbons (Fsp3) is 0.286. The normalized spacial score (nSPS) is 8.50. The first-order valence-electron chi connectivity index (χ1n) is 3.22. The summed E-state index contributed by atoms with van der Waals surface area (Å²) in [7, 11) is 0. The Kier molecular flexibility index (Phi) is 3.69. The highest BCUT2D eigenvalue weighted by Crippen LogP contribution is 1.82. The van der Waals surface area contributed by atoms with Gasteiger partial charge < -0.3 is 0 Å². The van der Waals surface area contributed by atoms with Gasteiger partial charge in [-0.3, -0.25) is 25.2 Å². The zero-order chi connectivity index (χ0) is 9.72. The van der Waals surface area contributed by atoms with Crippen molar-refractivity contribution in [3.63, 3.8) is 0 Å². The number of carbonyl (C=O) groups excluding carboxylic acids is 3. The maximum absolute atomic E-state index is 10.7. The highest BCUT2D eigenvalue weighted by atomic mass is 16.2. The Labute approximate surface area is 69.8 Å². The summed E-state index contributed by atoms with van der Waals surface area (Å²) < 4.78 is 0. The zero-order valence-corrected chi connectivity index (χ0v) is 6.93. The van der Waals surface area contributed by atoms with Crippen LogP contribution in [0.1, 0.15) is 13.8 Å². The first-order chi connectivity index (χ1) is 5.45. The van der Waals surface area contributed by atoms with E-state index in [4.69, 9.17) is 0 Å². The first-order valence-corrected chi connectivity index (χ1v) is 3.22. The molecule has 0 heterocycles. The van der Waals surface area contributed by atoms with E-state index >= 15 is 0 Å². The van der Waals surface area contributed by atoms with Gasteiger partial charge in [0.05, 0.1) is 0 Å². The summed E-state index contributed by atoms with van der Waals surface area (Å²) in [5.41, 5.74) is 4.17. The number of hydrogen-bond acceptors (Lipinski definition) is 3. The molecule has 0 fully saturated rings. The number of rotatable bonds is 2. The van der Waals surface area contributed by atoms with Crippen molar-refractivity contribution >= 4 is 17.6 Å². The van der Waals surface area contributed by atoms with Gasteiger partial charge in [-0.2, -0.15) is 0 Å². The van der Waals surface area contributed by atoms with E-state index in [1.54, 1.807) is 0 Å². The van der Waals surface area contributed by atoms with Crippen LogP contribution in [0.3, 0.4) is 0 Å².